The first-order valence-corrected chi connectivity index (χ1v) is 8.09. The number of hydrogen-bond acceptors (Lipinski definition) is 2. The Balaban J connectivity index is 2.03. The summed E-state index contributed by atoms with van der Waals surface area (Å²) in [6, 6.07) is 11.0. The highest BCUT2D eigenvalue weighted by Gasteiger charge is 2.15. The Morgan fingerprint density at radius 2 is 1.65 bits per heavy atom. The zero-order valence-electron chi connectivity index (χ0n) is 11.4. The minimum Gasteiger partial charge on any atom is -0.316 e. The number of thiophene rings is 1. The van der Waals surface area contributed by atoms with Crippen LogP contribution in [0.5, 0.6) is 0 Å². The van der Waals surface area contributed by atoms with Gasteiger partial charge in [0.1, 0.15) is 0 Å². The van der Waals surface area contributed by atoms with E-state index in [2.05, 4.69) is 53.2 Å². The molecule has 100 valence electrons. The topological polar surface area (TPSA) is 12.0 Å². The van der Waals surface area contributed by atoms with Gasteiger partial charge in [-0.3, -0.25) is 0 Å². The summed E-state index contributed by atoms with van der Waals surface area (Å²) in [5, 5.41) is 8.34. The molecule has 1 saturated heterocycles. The van der Waals surface area contributed by atoms with Crippen molar-refractivity contribution in [1.29, 1.82) is 0 Å². The molecular formula is C18H17NS. The molecule has 1 aromatic heterocycles. The maximum absolute atomic E-state index is 3.45. The summed E-state index contributed by atoms with van der Waals surface area (Å²) in [6.45, 7) is 2.22. The van der Waals surface area contributed by atoms with Gasteiger partial charge in [0.05, 0.1) is 0 Å². The molecule has 1 N–H and O–H groups in total. The molecule has 1 fully saturated rings. The van der Waals surface area contributed by atoms with Crippen molar-refractivity contribution in [2.24, 2.45) is 0 Å². The van der Waals surface area contributed by atoms with E-state index in [4.69, 9.17) is 0 Å². The third-order valence-corrected chi connectivity index (χ3v) is 5.02. The summed E-state index contributed by atoms with van der Waals surface area (Å²) in [5.41, 5.74) is 4.49. The first kappa shape index (κ1) is 12.1. The lowest BCUT2D eigenvalue weighted by atomic mass is 9.94. The zero-order chi connectivity index (χ0) is 13.4. The quantitative estimate of drug-likeness (QED) is 0.781. The number of allylic oxidation sites excluding steroid dienone is 1. The Bertz CT molecular complexity index is 787. The Labute approximate surface area is 123 Å². The molecule has 1 aliphatic heterocycles. The molecule has 0 amide bonds. The summed E-state index contributed by atoms with van der Waals surface area (Å²) in [4.78, 5) is 1.40. The summed E-state index contributed by atoms with van der Waals surface area (Å²) in [5.74, 6) is 0. The number of hydrogen-bond donors (Lipinski definition) is 1. The van der Waals surface area contributed by atoms with E-state index < -0.39 is 0 Å². The van der Waals surface area contributed by atoms with Crippen molar-refractivity contribution in [3.63, 3.8) is 0 Å². The molecule has 2 aliphatic rings. The lowest BCUT2D eigenvalue weighted by Crippen LogP contribution is -2.24. The second-order valence-corrected chi connectivity index (χ2v) is 6.33. The van der Waals surface area contributed by atoms with Gasteiger partial charge in [-0.2, -0.15) is 0 Å². The summed E-state index contributed by atoms with van der Waals surface area (Å²) in [7, 11) is 0. The predicted molar refractivity (Wildman–Crippen MR) is 87.1 cm³/mol. The normalized spacial score (nSPS) is 17.6. The van der Waals surface area contributed by atoms with E-state index in [1.807, 2.05) is 11.3 Å². The molecule has 2 aromatic rings. The minimum atomic E-state index is 1.11. The molecule has 0 atom stereocenters. The SMILES string of the molecule is C1=c2ccccc2=Cc2sccc2C1=C1CCNCC1. The molecule has 20 heavy (non-hydrogen) atoms. The van der Waals surface area contributed by atoms with Crippen LogP contribution in [-0.4, -0.2) is 13.1 Å². The molecule has 2 heteroatoms. The van der Waals surface area contributed by atoms with E-state index in [-0.39, 0.29) is 0 Å². The fourth-order valence-corrected chi connectivity index (χ4v) is 3.94. The van der Waals surface area contributed by atoms with Gasteiger partial charge >= 0.3 is 0 Å². The summed E-state index contributed by atoms with van der Waals surface area (Å²) < 4.78 is 0. The van der Waals surface area contributed by atoms with Gasteiger partial charge in [0.25, 0.3) is 0 Å². The summed E-state index contributed by atoms with van der Waals surface area (Å²) >= 11 is 1.84. The van der Waals surface area contributed by atoms with Gasteiger partial charge in [0, 0.05) is 4.88 Å². The molecule has 1 nitrogen and oxygen atoms in total. The maximum atomic E-state index is 3.45. The largest absolute Gasteiger partial charge is 0.316 e. The van der Waals surface area contributed by atoms with Crippen LogP contribution in [0.15, 0.2) is 41.3 Å². The molecule has 0 radical (unpaired) electrons. The molecule has 0 unspecified atom stereocenters. The van der Waals surface area contributed by atoms with Crippen molar-refractivity contribution in [3.8, 4) is 0 Å². The van der Waals surface area contributed by atoms with Gasteiger partial charge in [-0.05, 0) is 71.1 Å². The van der Waals surface area contributed by atoms with E-state index >= 15 is 0 Å². The van der Waals surface area contributed by atoms with Crippen molar-refractivity contribution >= 4 is 29.1 Å². The van der Waals surface area contributed by atoms with E-state index in [0.29, 0.717) is 0 Å². The van der Waals surface area contributed by atoms with Gasteiger partial charge in [0.2, 0.25) is 0 Å². The average molecular weight is 279 g/mol. The Hall–Kier alpha value is -1.64. The maximum Gasteiger partial charge on any atom is 0.0354 e. The fourth-order valence-electron chi connectivity index (χ4n) is 3.09. The Kier molecular flexibility index (Phi) is 3.06. The monoisotopic (exact) mass is 279 g/mol. The van der Waals surface area contributed by atoms with Crippen molar-refractivity contribution < 1.29 is 0 Å². The Morgan fingerprint density at radius 3 is 2.45 bits per heavy atom. The third-order valence-electron chi connectivity index (χ3n) is 4.16. The fraction of sp³-hybridized carbons (Fsp3) is 0.222. The van der Waals surface area contributed by atoms with E-state index in [1.54, 1.807) is 5.57 Å². The van der Waals surface area contributed by atoms with Crippen LogP contribution in [0.3, 0.4) is 0 Å². The number of fused-ring (bicyclic) bond motifs is 2. The van der Waals surface area contributed by atoms with Gasteiger partial charge in [-0.15, -0.1) is 11.3 Å². The average Bonchev–Trinajstić information content (AvgIpc) is 2.89. The minimum absolute atomic E-state index is 1.11. The molecule has 0 bridgehead atoms. The zero-order valence-corrected chi connectivity index (χ0v) is 12.2. The molecule has 0 saturated carbocycles. The smallest absolute Gasteiger partial charge is 0.0354 e. The molecule has 1 aromatic carbocycles. The molecule has 4 rings (SSSR count). The van der Waals surface area contributed by atoms with Gasteiger partial charge in [0.15, 0.2) is 0 Å². The second kappa shape index (κ2) is 5.04. The highest BCUT2D eigenvalue weighted by atomic mass is 32.1. The van der Waals surface area contributed by atoms with Crippen LogP contribution in [0.4, 0.5) is 0 Å². The second-order valence-electron chi connectivity index (χ2n) is 5.38. The van der Waals surface area contributed by atoms with Crippen LogP contribution in [0.1, 0.15) is 23.3 Å². The van der Waals surface area contributed by atoms with E-state index in [0.717, 1.165) is 13.1 Å². The van der Waals surface area contributed by atoms with Crippen molar-refractivity contribution in [1.82, 2.24) is 5.32 Å². The standard InChI is InChI=1S/C18H17NS/c1-2-4-15-12-18-16(7-10-20-18)17(11-14(15)3-1)13-5-8-19-9-6-13/h1-4,7,10-12,19H,5-6,8-9H2. The predicted octanol–water partition coefficient (Wildman–Crippen LogP) is 2.51. The first-order valence-electron chi connectivity index (χ1n) is 7.21. The van der Waals surface area contributed by atoms with Crippen LogP contribution in [0.2, 0.25) is 0 Å². The number of piperidine rings is 1. The van der Waals surface area contributed by atoms with Gasteiger partial charge in [-0.1, -0.05) is 29.8 Å². The molecule has 1 aliphatic carbocycles. The number of nitrogens with one attached hydrogen (secondary N) is 1. The highest BCUT2D eigenvalue weighted by Crippen LogP contribution is 2.32. The van der Waals surface area contributed by atoms with Crippen LogP contribution >= 0.6 is 11.3 Å². The van der Waals surface area contributed by atoms with Crippen molar-refractivity contribution in [2.45, 2.75) is 12.8 Å². The van der Waals surface area contributed by atoms with Crippen LogP contribution in [0, 0.1) is 0 Å². The van der Waals surface area contributed by atoms with Gasteiger partial charge in [-0.25, -0.2) is 0 Å². The van der Waals surface area contributed by atoms with E-state index in [1.165, 1.54) is 39.3 Å². The lowest BCUT2D eigenvalue weighted by Gasteiger charge is -2.18. The van der Waals surface area contributed by atoms with Gasteiger partial charge < -0.3 is 5.32 Å². The first-order chi connectivity index (χ1) is 9.92. The van der Waals surface area contributed by atoms with E-state index in [9.17, 15) is 0 Å². The van der Waals surface area contributed by atoms with Crippen LogP contribution in [-0.2, 0) is 0 Å². The highest BCUT2D eigenvalue weighted by molar-refractivity contribution is 7.11. The number of rotatable bonds is 0. The summed E-state index contributed by atoms with van der Waals surface area (Å²) in [6.07, 6.45) is 7.07. The number of benzene rings is 1. The van der Waals surface area contributed by atoms with Crippen LogP contribution in [0.25, 0.3) is 17.7 Å². The third kappa shape index (κ3) is 2.05. The van der Waals surface area contributed by atoms with Crippen LogP contribution < -0.4 is 15.8 Å². The Morgan fingerprint density at radius 1 is 0.900 bits per heavy atom. The lowest BCUT2D eigenvalue weighted by molar-refractivity contribution is 0.612. The molecule has 0 spiro atoms. The van der Waals surface area contributed by atoms with Crippen molar-refractivity contribution in [2.75, 3.05) is 13.1 Å². The van der Waals surface area contributed by atoms with Crippen molar-refractivity contribution in [3.05, 3.63) is 62.2 Å². The molecular weight excluding hydrogens is 262 g/mol. The molecule has 2 heterocycles.